The van der Waals surface area contributed by atoms with Crippen molar-refractivity contribution in [2.45, 2.75) is 25.7 Å². The molecule has 2 aromatic carbocycles. The number of ether oxygens (including phenoxy) is 2. The maximum absolute atomic E-state index is 11.1. The van der Waals surface area contributed by atoms with E-state index in [1.807, 2.05) is 36.4 Å². The summed E-state index contributed by atoms with van der Waals surface area (Å²) in [4.78, 5) is 20.2. The Hall–Kier alpha value is -3.41. The molecule has 2 aromatic rings. The molecule has 0 atom stereocenters. The van der Waals surface area contributed by atoms with Crippen LogP contribution < -0.4 is 10.1 Å². The lowest BCUT2D eigenvalue weighted by molar-refractivity contribution is 0.112. The van der Waals surface area contributed by atoms with Crippen molar-refractivity contribution in [2.75, 3.05) is 20.8 Å². The second kappa shape index (κ2) is 11.0. The van der Waals surface area contributed by atoms with Gasteiger partial charge in [0.2, 0.25) is 0 Å². The van der Waals surface area contributed by atoms with E-state index in [1.165, 1.54) is 5.56 Å². The first-order valence-electron chi connectivity index (χ1n) is 10.0. The van der Waals surface area contributed by atoms with Gasteiger partial charge in [-0.2, -0.15) is 4.99 Å². The number of hydrogen-bond donors (Lipinski definition) is 1. The molecule has 0 bridgehead atoms. The molecule has 6 nitrogen and oxygen atoms in total. The summed E-state index contributed by atoms with van der Waals surface area (Å²) in [7, 11) is 3.25. The third kappa shape index (κ3) is 6.04. The van der Waals surface area contributed by atoms with Crippen LogP contribution in [-0.2, 0) is 11.2 Å². The molecule has 0 aliphatic carbocycles. The topological polar surface area (TPSA) is 72.3 Å². The van der Waals surface area contributed by atoms with E-state index in [9.17, 15) is 4.79 Å². The monoisotopic (exact) mass is 405 g/mol. The number of carbonyl (C=O) groups is 1. The molecule has 0 fully saturated rings. The Kier molecular flexibility index (Phi) is 7.78. The summed E-state index contributed by atoms with van der Waals surface area (Å²) >= 11 is 0. The van der Waals surface area contributed by atoms with Crippen molar-refractivity contribution in [1.29, 1.82) is 0 Å². The van der Waals surface area contributed by atoms with Gasteiger partial charge in [0.15, 0.2) is 0 Å². The van der Waals surface area contributed by atoms with Gasteiger partial charge in [0, 0.05) is 24.2 Å². The molecule has 1 N–H and O–H groups in total. The summed E-state index contributed by atoms with van der Waals surface area (Å²) in [5.74, 6) is 1.61. The van der Waals surface area contributed by atoms with Gasteiger partial charge in [-0.05, 0) is 48.6 Å². The largest absolute Gasteiger partial charge is 0.497 e. The summed E-state index contributed by atoms with van der Waals surface area (Å²) in [5, 5.41) is 3.18. The number of carbonyl (C=O) groups excluding carboxylic acids is 1. The lowest BCUT2D eigenvalue weighted by Gasteiger charge is -2.10. The molecule has 0 aromatic heterocycles. The number of amidine groups is 2. The average Bonchev–Trinajstić information content (AvgIpc) is 3.01. The second-order valence-electron chi connectivity index (χ2n) is 6.91. The van der Waals surface area contributed by atoms with Crippen LogP contribution in [0.4, 0.5) is 0 Å². The number of benzene rings is 2. The number of hydrogen-bond acceptors (Lipinski definition) is 5. The van der Waals surface area contributed by atoms with Crippen molar-refractivity contribution < 1.29 is 14.3 Å². The molecular weight excluding hydrogens is 378 g/mol. The van der Waals surface area contributed by atoms with Crippen molar-refractivity contribution in [2.24, 2.45) is 9.98 Å². The molecule has 1 aliphatic rings. The van der Waals surface area contributed by atoms with E-state index in [0.717, 1.165) is 54.9 Å². The Morgan fingerprint density at radius 2 is 1.93 bits per heavy atom. The van der Waals surface area contributed by atoms with E-state index in [4.69, 9.17) is 9.47 Å². The van der Waals surface area contributed by atoms with Gasteiger partial charge >= 0.3 is 0 Å². The highest BCUT2D eigenvalue weighted by Crippen LogP contribution is 2.17. The number of aryl methyl sites for hydroxylation is 1. The molecule has 0 saturated heterocycles. The molecule has 0 spiro atoms. The SMILES string of the molecule is COC1=NC(=NCCCCc2ccc(OC)cc2)CC=C(c2cccc(C=O)c2)N1. The van der Waals surface area contributed by atoms with E-state index in [2.05, 4.69) is 27.4 Å². The number of aldehydes is 1. The second-order valence-corrected chi connectivity index (χ2v) is 6.91. The minimum absolute atomic E-state index is 0.396. The van der Waals surface area contributed by atoms with Crippen molar-refractivity contribution >= 4 is 23.8 Å². The van der Waals surface area contributed by atoms with E-state index < -0.39 is 0 Å². The van der Waals surface area contributed by atoms with E-state index in [0.29, 0.717) is 18.0 Å². The van der Waals surface area contributed by atoms with Crippen LogP contribution in [0.5, 0.6) is 5.75 Å². The van der Waals surface area contributed by atoms with Crippen LogP contribution in [0, 0.1) is 0 Å². The smallest absolute Gasteiger partial charge is 0.295 e. The zero-order valence-electron chi connectivity index (χ0n) is 17.4. The Bertz CT molecular complexity index is 946. The first-order chi connectivity index (χ1) is 14.7. The maximum atomic E-state index is 11.1. The number of nitrogens with one attached hydrogen (secondary N) is 1. The molecule has 30 heavy (non-hydrogen) atoms. The molecule has 1 aliphatic heterocycles. The van der Waals surface area contributed by atoms with Crippen LogP contribution in [0.25, 0.3) is 5.70 Å². The minimum Gasteiger partial charge on any atom is -0.497 e. The number of methoxy groups -OCH3 is 2. The van der Waals surface area contributed by atoms with Crippen LogP contribution >= 0.6 is 0 Å². The van der Waals surface area contributed by atoms with Gasteiger partial charge < -0.3 is 14.8 Å². The predicted molar refractivity (Wildman–Crippen MR) is 120 cm³/mol. The molecule has 0 saturated carbocycles. The fraction of sp³-hybridized carbons (Fsp3) is 0.292. The Balaban J connectivity index is 1.57. The Morgan fingerprint density at radius 3 is 2.67 bits per heavy atom. The molecule has 156 valence electrons. The van der Waals surface area contributed by atoms with Crippen molar-refractivity contribution in [1.82, 2.24) is 5.32 Å². The molecule has 3 rings (SSSR count). The minimum atomic E-state index is 0.396. The highest BCUT2D eigenvalue weighted by atomic mass is 16.5. The number of aliphatic imine (C=N–C) groups is 2. The average molecular weight is 405 g/mol. The fourth-order valence-corrected chi connectivity index (χ4v) is 3.16. The van der Waals surface area contributed by atoms with E-state index in [-0.39, 0.29) is 0 Å². The van der Waals surface area contributed by atoms with Gasteiger partial charge in [0.1, 0.15) is 17.9 Å². The Morgan fingerprint density at radius 1 is 1.10 bits per heavy atom. The van der Waals surface area contributed by atoms with Crippen molar-refractivity contribution in [3.8, 4) is 5.75 Å². The number of rotatable bonds is 8. The van der Waals surface area contributed by atoms with E-state index >= 15 is 0 Å². The predicted octanol–water partition coefficient (Wildman–Crippen LogP) is 4.27. The first-order valence-corrected chi connectivity index (χ1v) is 10.0. The summed E-state index contributed by atoms with van der Waals surface area (Å²) in [5.41, 5.74) is 3.68. The van der Waals surface area contributed by atoms with Gasteiger partial charge in [-0.3, -0.25) is 9.79 Å². The maximum Gasteiger partial charge on any atom is 0.295 e. The fourth-order valence-electron chi connectivity index (χ4n) is 3.16. The summed E-state index contributed by atoms with van der Waals surface area (Å²) < 4.78 is 10.5. The molecule has 1 heterocycles. The summed E-state index contributed by atoms with van der Waals surface area (Å²) in [6.07, 6.45) is 6.51. The quantitative estimate of drug-likeness (QED) is 0.526. The molecule has 0 unspecified atom stereocenters. The highest BCUT2D eigenvalue weighted by Gasteiger charge is 2.12. The summed E-state index contributed by atoms with van der Waals surface area (Å²) in [6.45, 7) is 0.718. The van der Waals surface area contributed by atoms with Crippen LogP contribution in [0.2, 0.25) is 0 Å². The van der Waals surface area contributed by atoms with E-state index in [1.54, 1.807) is 20.3 Å². The number of nitrogens with zero attached hydrogens (tertiary/aromatic N) is 2. The lowest BCUT2D eigenvalue weighted by atomic mass is 10.1. The molecule has 0 amide bonds. The van der Waals surface area contributed by atoms with Gasteiger partial charge in [-0.1, -0.05) is 36.4 Å². The van der Waals surface area contributed by atoms with Crippen LogP contribution in [0.15, 0.2) is 64.6 Å². The van der Waals surface area contributed by atoms with Crippen LogP contribution in [0.3, 0.4) is 0 Å². The molecule has 0 radical (unpaired) electrons. The van der Waals surface area contributed by atoms with Crippen LogP contribution in [0.1, 0.15) is 40.7 Å². The third-order valence-electron chi connectivity index (χ3n) is 4.81. The normalized spacial score (nSPS) is 14.9. The van der Waals surface area contributed by atoms with Gasteiger partial charge in [0.25, 0.3) is 6.02 Å². The van der Waals surface area contributed by atoms with Gasteiger partial charge in [-0.25, -0.2) is 0 Å². The van der Waals surface area contributed by atoms with Crippen LogP contribution in [-0.4, -0.2) is 38.9 Å². The Labute approximate surface area is 177 Å². The molecular formula is C24H27N3O3. The zero-order chi connectivity index (χ0) is 21.2. The standard InChI is InChI=1S/C24H27N3O3/c1-29-21-11-9-18(10-12-21)6-3-4-15-25-23-14-13-22(26-24(27-23)30-2)20-8-5-7-19(16-20)17-28/h5,7-13,16-17H,3-4,6,14-15H2,1-2H3,(H,25,26,27). The summed E-state index contributed by atoms with van der Waals surface area (Å²) in [6, 6.07) is 16.0. The molecule has 6 heteroatoms. The van der Waals surface area contributed by atoms with Crippen molar-refractivity contribution in [3.63, 3.8) is 0 Å². The number of unbranched alkanes of at least 4 members (excludes halogenated alkanes) is 1. The lowest BCUT2D eigenvalue weighted by Crippen LogP contribution is -2.23. The third-order valence-corrected chi connectivity index (χ3v) is 4.81. The van der Waals surface area contributed by atoms with Crippen molar-refractivity contribution in [3.05, 3.63) is 71.3 Å². The van der Waals surface area contributed by atoms with Gasteiger partial charge in [-0.15, -0.1) is 0 Å². The van der Waals surface area contributed by atoms with Gasteiger partial charge in [0.05, 0.1) is 14.2 Å². The highest BCUT2D eigenvalue weighted by molar-refractivity contribution is 6.00. The first kappa shape index (κ1) is 21.3. The zero-order valence-corrected chi connectivity index (χ0v) is 17.4.